The van der Waals surface area contributed by atoms with Crippen LogP contribution in [0.15, 0.2) is 24.5 Å². The molecule has 0 unspecified atom stereocenters. The Balaban J connectivity index is 2.16. The summed E-state index contributed by atoms with van der Waals surface area (Å²) in [5.74, 6) is 0. The molecule has 2 aromatic heterocycles. The van der Waals surface area contributed by atoms with Gasteiger partial charge >= 0.3 is 0 Å². The smallest absolute Gasteiger partial charge is 0.137 e. The Morgan fingerprint density at radius 1 is 1.40 bits per heavy atom. The van der Waals surface area contributed by atoms with Crippen LogP contribution in [0, 0.1) is 0 Å². The van der Waals surface area contributed by atoms with Crippen molar-refractivity contribution in [2.24, 2.45) is 0 Å². The molecule has 0 aliphatic carbocycles. The second kappa shape index (κ2) is 4.64. The van der Waals surface area contributed by atoms with E-state index in [9.17, 15) is 0 Å². The molecule has 0 amide bonds. The summed E-state index contributed by atoms with van der Waals surface area (Å²) < 4.78 is 1.95. The van der Waals surface area contributed by atoms with Crippen molar-refractivity contribution in [1.82, 2.24) is 14.7 Å². The first kappa shape index (κ1) is 10.5. The average Bonchev–Trinajstić information content (AvgIpc) is 2.60. The third-order valence-electron chi connectivity index (χ3n) is 2.20. The zero-order valence-corrected chi connectivity index (χ0v) is 9.46. The summed E-state index contributed by atoms with van der Waals surface area (Å²) >= 11 is 5.89. The summed E-state index contributed by atoms with van der Waals surface area (Å²) in [7, 11) is 0. The van der Waals surface area contributed by atoms with Gasteiger partial charge in [-0.15, -0.1) is 0 Å². The Labute approximate surface area is 94.1 Å². The quantitative estimate of drug-likeness (QED) is 0.807. The highest BCUT2D eigenvalue weighted by molar-refractivity contribution is 6.30. The van der Waals surface area contributed by atoms with Gasteiger partial charge in [0.25, 0.3) is 0 Å². The van der Waals surface area contributed by atoms with Crippen LogP contribution in [0.4, 0.5) is 0 Å². The first-order valence-corrected chi connectivity index (χ1v) is 5.51. The van der Waals surface area contributed by atoms with Gasteiger partial charge in [0.15, 0.2) is 0 Å². The number of halogens is 1. The van der Waals surface area contributed by atoms with Crippen molar-refractivity contribution in [2.75, 3.05) is 6.54 Å². The summed E-state index contributed by atoms with van der Waals surface area (Å²) in [5, 5.41) is 4.05. The normalized spacial score (nSPS) is 11.1. The molecule has 2 rings (SSSR count). The fourth-order valence-corrected chi connectivity index (χ4v) is 1.66. The number of aromatic nitrogens is 2. The molecule has 15 heavy (non-hydrogen) atoms. The molecule has 0 bridgehead atoms. The van der Waals surface area contributed by atoms with Crippen LogP contribution in [0.1, 0.15) is 19.0 Å². The van der Waals surface area contributed by atoms with Gasteiger partial charge in [-0.3, -0.25) is 0 Å². The third-order valence-corrected chi connectivity index (χ3v) is 2.42. The monoisotopic (exact) mass is 223 g/mol. The van der Waals surface area contributed by atoms with Crippen molar-refractivity contribution in [2.45, 2.75) is 19.9 Å². The Bertz CT molecular complexity index is 450. The molecule has 0 aromatic carbocycles. The number of hydrogen-bond acceptors (Lipinski definition) is 2. The van der Waals surface area contributed by atoms with Crippen LogP contribution < -0.4 is 5.32 Å². The highest BCUT2D eigenvalue weighted by Crippen LogP contribution is 2.11. The maximum atomic E-state index is 5.89. The van der Waals surface area contributed by atoms with E-state index >= 15 is 0 Å². The van der Waals surface area contributed by atoms with Crippen molar-refractivity contribution < 1.29 is 0 Å². The molecule has 0 fully saturated rings. The van der Waals surface area contributed by atoms with E-state index in [2.05, 4.69) is 17.2 Å². The van der Waals surface area contributed by atoms with Crippen LogP contribution in [0.3, 0.4) is 0 Å². The molecule has 80 valence electrons. The highest BCUT2D eigenvalue weighted by Gasteiger charge is 2.00. The highest BCUT2D eigenvalue weighted by atomic mass is 35.5. The molecule has 4 heteroatoms. The van der Waals surface area contributed by atoms with Gasteiger partial charge in [0, 0.05) is 18.9 Å². The van der Waals surface area contributed by atoms with Gasteiger partial charge < -0.3 is 9.72 Å². The minimum Gasteiger partial charge on any atom is -0.311 e. The van der Waals surface area contributed by atoms with Crippen molar-refractivity contribution >= 4 is 17.2 Å². The first-order chi connectivity index (χ1) is 7.29. The predicted octanol–water partition coefficient (Wildman–Crippen LogP) is 2.49. The first-order valence-electron chi connectivity index (χ1n) is 5.13. The fourth-order valence-electron chi connectivity index (χ4n) is 1.50. The Hall–Kier alpha value is -1.06. The topological polar surface area (TPSA) is 29.3 Å². The average molecular weight is 224 g/mol. The van der Waals surface area contributed by atoms with E-state index in [-0.39, 0.29) is 0 Å². The van der Waals surface area contributed by atoms with Gasteiger partial charge in [0.2, 0.25) is 0 Å². The van der Waals surface area contributed by atoms with Gasteiger partial charge in [-0.25, -0.2) is 4.98 Å². The van der Waals surface area contributed by atoms with E-state index < -0.39 is 0 Å². The van der Waals surface area contributed by atoms with Crippen molar-refractivity contribution in [1.29, 1.82) is 0 Å². The predicted molar refractivity (Wildman–Crippen MR) is 62.2 cm³/mol. The minimum absolute atomic E-state index is 0.730. The zero-order valence-electron chi connectivity index (χ0n) is 8.70. The van der Waals surface area contributed by atoms with E-state index in [0.717, 1.165) is 35.9 Å². The van der Waals surface area contributed by atoms with E-state index in [1.54, 1.807) is 0 Å². The van der Waals surface area contributed by atoms with E-state index in [1.165, 1.54) is 0 Å². The second-order valence-corrected chi connectivity index (χ2v) is 3.96. The van der Waals surface area contributed by atoms with Crippen molar-refractivity contribution in [3.63, 3.8) is 0 Å². The molecule has 3 nitrogen and oxygen atoms in total. The summed E-state index contributed by atoms with van der Waals surface area (Å²) in [6.45, 7) is 3.98. The van der Waals surface area contributed by atoms with Crippen LogP contribution >= 0.6 is 11.6 Å². The number of fused-ring (bicyclic) bond motifs is 1. The molecule has 0 spiro atoms. The van der Waals surface area contributed by atoms with Crippen LogP contribution in [0.2, 0.25) is 5.02 Å². The lowest BCUT2D eigenvalue weighted by Gasteiger charge is -1.97. The van der Waals surface area contributed by atoms with Crippen LogP contribution in [0.5, 0.6) is 0 Å². The van der Waals surface area contributed by atoms with Crippen LogP contribution in [0.25, 0.3) is 5.65 Å². The summed E-state index contributed by atoms with van der Waals surface area (Å²) in [6.07, 6.45) is 5.01. The van der Waals surface area contributed by atoms with Gasteiger partial charge in [-0.05, 0) is 25.1 Å². The SMILES string of the molecule is CCCNCc1cn2cc(Cl)ccc2n1. The van der Waals surface area contributed by atoms with Gasteiger partial charge in [0.1, 0.15) is 5.65 Å². The molecule has 0 aliphatic rings. The fraction of sp³-hybridized carbons (Fsp3) is 0.364. The second-order valence-electron chi connectivity index (χ2n) is 3.52. The standard InChI is InChI=1S/C11H14ClN3/c1-2-5-13-6-10-8-15-7-9(12)3-4-11(15)14-10/h3-4,7-8,13H,2,5-6H2,1H3. The van der Waals surface area contributed by atoms with Crippen molar-refractivity contribution in [3.8, 4) is 0 Å². The molecule has 0 aliphatic heterocycles. The molecule has 0 saturated heterocycles. The molecule has 2 aromatic rings. The van der Waals surface area contributed by atoms with E-state index in [4.69, 9.17) is 11.6 Å². The summed E-state index contributed by atoms with van der Waals surface area (Å²) in [5.41, 5.74) is 1.98. The molecular weight excluding hydrogens is 210 g/mol. The van der Waals surface area contributed by atoms with Crippen LogP contribution in [-0.2, 0) is 6.54 Å². The number of rotatable bonds is 4. The lowest BCUT2D eigenvalue weighted by atomic mass is 10.4. The number of nitrogens with zero attached hydrogens (tertiary/aromatic N) is 2. The van der Waals surface area contributed by atoms with Gasteiger partial charge in [-0.1, -0.05) is 18.5 Å². The Kier molecular flexibility index (Phi) is 3.23. The van der Waals surface area contributed by atoms with Gasteiger partial charge in [-0.2, -0.15) is 0 Å². The lowest BCUT2D eigenvalue weighted by Crippen LogP contribution is -2.13. The largest absolute Gasteiger partial charge is 0.311 e. The number of hydrogen-bond donors (Lipinski definition) is 1. The third kappa shape index (κ3) is 2.49. The number of pyridine rings is 1. The van der Waals surface area contributed by atoms with E-state index in [1.807, 2.05) is 28.9 Å². The Morgan fingerprint density at radius 2 is 2.27 bits per heavy atom. The zero-order chi connectivity index (χ0) is 10.7. The lowest BCUT2D eigenvalue weighted by molar-refractivity contribution is 0.667. The maximum Gasteiger partial charge on any atom is 0.137 e. The number of nitrogens with one attached hydrogen (secondary N) is 1. The molecule has 0 radical (unpaired) electrons. The minimum atomic E-state index is 0.730. The number of imidazole rings is 1. The Morgan fingerprint density at radius 3 is 3.07 bits per heavy atom. The van der Waals surface area contributed by atoms with Crippen LogP contribution in [-0.4, -0.2) is 15.9 Å². The molecule has 1 N–H and O–H groups in total. The summed E-state index contributed by atoms with van der Waals surface area (Å²) in [4.78, 5) is 4.47. The van der Waals surface area contributed by atoms with E-state index in [0.29, 0.717) is 0 Å². The molecule has 0 saturated carbocycles. The molecule has 0 atom stereocenters. The van der Waals surface area contributed by atoms with Crippen molar-refractivity contribution in [3.05, 3.63) is 35.2 Å². The van der Waals surface area contributed by atoms with Gasteiger partial charge in [0.05, 0.1) is 10.7 Å². The maximum absolute atomic E-state index is 5.89. The summed E-state index contributed by atoms with van der Waals surface area (Å²) in [6, 6.07) is 3.78. The molecular formula is C11H14ClN3. The molecule has 2 heterocycles.